The Morgan fingerprint density at radius 2 is 2.05 bits per heavy atom. The van der Waals surface area contributed by atoms with E-state index in [1.165, 1.54) is 11.3 Å². The third-order valence-corrected chi connectivity index (χ3v) is 3.38. The van der Waals surface area contributed by atoms with Crippen LogP contribution in [0.1, 0.15) is 22.8 Å². The molecule has 0 atom stereocenters. The number of alkyl halides is 3. The van der Waals surface area contributed by atoms with Gasteiger partial charge in [-0.15, -0.1) is 11.3 Å². The molecule has 2 aromatic heterocycles. The molecule has 0 radical (unpaired) electrons. The second kappa shape index (κ2) is 4.65. The number of hydrogen-bond acceptors (Lipinski definition) is 3. The van der Waals surface area contributed by atoms with Gasteiger partial charge in [0.05, 0.1) is 21.7 Å². The van der Waals surface area contributed by atoms with E-state index in [0.717, 1.165) is 13.0 Å². The molecule has 2 heterocycles. The number of aromatic nitrogens is 1. The Balaban J connectivity index is 2.75. The Kier molecular flexibility index (Phi) is 3.32. The van der Waals surface area contributed by atoms with Crippen molar-refractivity contribution in [3.8, 4) is 10.6 Å². The Bertz CT molecular complexity index is 671. The number of thiophene rings is 1. The van der Waals surface area contributed by atoms with Gasteiger partial charge in [0.25, 0.3) is 5.56 Å². The average Bonchev–Trinajstić information content (AvgIpc) is 2.79. The maximum Gasteiger partial charge on any atom is 0.417 e. The number of carbonyl (C=O) groups is 1. The van der Waals surface area contributed by atoms with Crippen molar-refractivity contribution in [1.29, 1.82) is 0 Å². The van der Waals surface area contributed by atoms with Crippen LogP contribution in [0.2, 0.25) is 0 Å². The normalized spacial score (nSPS) is 11.6. The first-order valence-corrected chi connectivity index (χ1v) is 6.08. The molecule has 1 N–H and O–H groups in total. The monoisotopic (exact) mass is 287 g/mol. The quantitative estimate of drug-likeness (QED) is 0.861. The second-order valence-corrected chi connectivity index (χ2v) is 4.78. The van der Waals surface area contributed by atoms with Crippen molar-refractivity contribution in [1.82, 2.24) is 4.98 Å². The molecule has 0 saturated heterocycles. The molecule has 0 unspecified atom stereocenters. The zero-order chi connectivity index (χ0) is 14.2. The standard InChI is InChI=1S/C12H8F3NO2S/c1-6(17)10-7(12(13,14)15)5-8(16-11(10)18)9-3-2-4-19-9/h2-5H,1H3,(H,16,18). The molecule has 0 aliphatic heterocycles. The van der Waals surface area contributed by atoms with Crippen LogP contribution >= 0.6 is 11.3 Å². The molecule has 0 amide bonds. The summed E-state index contributed by atoms with van der Waals surface area (Å²) in [6.45, 7) is 0.935. The number of hydrogen-bond donors (Lipinski definition) is 1. The zero-order valence-corrected chi connectivity index (χ0v) is 10.5. The highest BCUT2D eigenvalue weighted by Crippen LogP contribution is 2.33. The summed E-state index contributed by atoms with van der Waals surface area (Å²) in [5, 5.41) is 1.68. The zero-order valence-electron chi connectivity index (χ0n) is 9.67. The van der Waals surface area contributed by atoms with Gasteiger partial charge in [-0.3, -0.25) is 9.59 Å². The van der Waals surface area contributed by atoms with Gasteiger partial charge in [-0.05, 0) is 24.4 Å². The number of nitrogens with one attached hydrogen (secondary N) is 1. The summed E-state index contributed by atoms with van der Waals surface area (Å²) in [6.07, 6.45) is -4.75. The van der Waals surface area contributed by atoms with E-state index in [4.69, 9.17) is 0 Å². The molecule has 2 rings (SSSR count). The molecule has 100 valence electrons. The molecule has 0 fully saturated rings. The van der Waals surface area contributed by atoms with Gasteiger partial charge in [-0.2, -0.15) is 13.2 Å². The molecule has 19 heavy (non-hydrogen) atoms. The predicted molar refractivity (Wildman–Crippen MR) is 65.4 cm³/mol. The van der Waals surface area contributed by atoms with Crippen LogP contribution < -0.4 is 5.56 Å². The minimum atomic E-state index is -4.75. The first-order chi connectivity index (χ1) is 8.80. The van der Waals surface area contributed by atoms with E-state index in [9.17, 15) is 22.8 Å². The molecular weight excluding hydrogens is 279 g/mol. The number of halogens is 3. The third-order valence-electron chi connectivity index (χ3n) is 2.48. The van der Waals surface area contributed by atoms with Crippen molar-refractivity contribution in [2.45, 2.75) is 13.1 Å². The topological polar surface area (TPSA) is 49.9 Å². The van der Waals surface area contributed by atoms with Gasteiger partial charge >= 0.3 is 6.18 Å². The van der Waals surface area contributed by atoms with Crippen molar-refractivity contribution in [2.24, 2.45) is 0 Å². The van der Waals surface area contributed by atoms with Crippen LogP contribution in [-0.4, -0.2) is 10.8 Å². The van der Waals surface area contributed by atoms with Gasteiger partial charge in [-0.25, -0.2) is 0 Å². The molecule has 0 aliphatic rings. The van der Waals surface area contributed by atoms with Crippen molar-refractivity contribution < 1.29 is 18.0 Å². The van der Waals surface area contributed by atoms with Gasteiger partial charge < -0.3 is 4.98 Å². The fourth-order valence-electron chi connectivity index (χ4n) is 1.70. The van der Waals surface area contributed by atoms with E-state index in [1.807, 2.05) is 0 Å². The Hall–Kier alpha value is -1.89. The van der Waals surface area contributed by atoms with Gasteiger partial charge in [0.15, 0.2) is 5.78 Å². The van der Waals surface area contributed by atoms with E-state index in [-0.39, 0.29) is 5.69 Å². The summed E-state index contributed by atoms with van der Waals surface area (Å²) in [5.41, 5.74) is -3.02. The Morgan fingerprint density at radius 3 is 2.53 bits per heavy atom. The number of H-pyrrole nitrogens is 1. The number of rotatable bonds is 2. The largest absolute Gasteiger partial charge is 0.417 e. The van der Waals surface area contributed by atoms with E-state index in [0.29, 0.717) is 4.88 Å². The van der Waals surface area contributed by atoms with Crippen LogP contribution in [0.4, 0.5) is 13.2 Å². The third kappa shape index (κ3) is 2.60. The van der Waals surface area contributed by atoms with E-state index in [1.54, 1.807) is 17.5 Å². The summed E-state index contributed by atoms with van der Waals surface area (Å²) >= 11 is 1.20. The lowest BCUT2D eigenvalue weighted by molar-refractivity contribution is -0.138. The van der Waals surface area contributed by atoms with Gasteiger partial charge in [0.1, 0.15) is 0 Å². The van der Waals surface area contributed by atoms with Crippen LogP contribution in [-0.2, 0) is 6.18 Å². The van der Waals surface area contributed by atoms with Crippen LogP contribution in [0, 0.1) is 0 Å². The van der Waals surface area contributed by atoms with E-state index in [2.05, 4.69) is 4.98 Å². The molecule has 2 aromatic rings. The first-order valence-electron chi connectivity index (χ1n) is 5.20. The summed E-state index contributed by atoms with van der Waals surface area (Å²) in [6, 6.07) is 4.04. The van der Waals surface area contributed by atoms with E-state index >= 15 is 0 Å². The minimum Gasteiger partial charge on any atom is -0.321 e. The number of carbonyl (C=O) groups excluding carboxylic acids is 1. The second-order valence-electron chi connectivity index (χ2n) is 3.83. The van der Waals surface area contributed by atoms with Gasteiger partial charge in [-0.1, -0.05) is 6.07 Å². The predicted octanol–water partition coefficient (Wildman–Crippen LogP) is 3.32. The first kappa shape index (κ1) is 13.5. The van der Waals surface area contributed by atoms with Crippen molar-refractivity contribution in [3.63, 3.8) is 0 Å². The van der Waals surface area contributed by atoms with E-state index < -0.39 is 28.6 Å². The fraction of sp³-hybridized carbons (Fsp3) is 0.167. The lowest BCUT2D eigenvalue weighted by Crippen LogP contribution is -2.24. The summed E-state index contributed by atoms with van der Waals surface area (Å²) in [7, 11) is 0. The highest BCUT2D eigenvalue weighted by atomic mass is 32.1. The van der Waals surface area contributed by atoms with Gasteiger partial charge in [0, 0.05) is 0 Å². The SMILES string of the molecule is CC(=O)c1c(C(F)(F)F)cc(-c2cccs2)[nH]c1=O. The highest BCUT2D eigenvalue weighted by molar-refractivity contribution is 7.13. The number of pyridine rings is 1. The fourth-order valence-corrected chi connectivity index (χ4v) is 2.40. The Morgan fingerprint density at radius 1 is 1.37 bits per heavy atom. The van der Waals surface area contributed by atoms with Crippen LogP contribution in [0.25, 0.3) is 10.6 Å². The minimum absolute atomic E-state index is 0.0531. The molecule has 7 heteroatoms. The maximum atomic E-state index is 12.9. The lowest BCUT2D eigenvalue weighted by atomic mass is 10.0. The molecule has 0 aliphatic carbocycles. The lowest BCUT2D eigenvalue weighted by Gasteiger charge is -2.11. The molecule has 0 saturated carbocycles. The molecule has 0 aromatic carbocycles. The Labute approximate surface area is 109 Å². The van der Waals surface area contributed by atoms with Crippen LogP contribution in [0.3, 0.4) is 0 Å². The summed E-state index contributed by atoms with van der Waals surface area (Å²) in [4.78, 5) is 25.7. The number of Topliss-reactive ketones (excluding diaryl/α,β-unsaturated/α-hetero) is 1. The number of aromatic amines is 1. The number of ketones is 1. The molecule has 3 nitrogen and oxygen atoms in total. The van der Waals surface area contributed by atoms with Crippen LogP contribution in [0.15, 0.2) is 28.4 Å². The van der Waals surface area contributed by atoms with Crippen molar-refractivity contribution in [3.05, 3.63) is 45.1 Å². The smallest absolute Gasteiger partial charge is 0.321 e. The van der Waals surface area contributed by atoms with Crippen molar-refractivity contribution >= 4 is 17.1 Å². The van der Waals surface area contributed by atoms with Crippen molar-refractivity contribution in [2.75, 3.05) is 0 Å². The molecular formula is C12H8F3NO2S. The van der Waals surface area contributed by atoms with Crippen LogP contribution in [0.5, 0.6) is 0 Å². The van der Waals surface area contributed by atoms with Gasteiger partial charge in [0.2, 0.25) is 0 Å². The summed E-state index contributed by atoms with van der Waals surface area (Å²) < 4.78 is 38.7. The summed E-state index contributed by atoms with van der Waals surface area (Å²) in [5.74, 6) is -0.911. The molecule has 0 bridgehead atoms. The highest BCUT2D eigenvalue weighted by Gasteiger charge is 2.36. The average molecular weight is 287 g/mol. The molecule has 0 spiro atoms. The maximum absolute atomic E-state index is 12.9.